The Morgan fingerprint density at radius 3 is 2.60 bits per heavy atom. The number of fused-ring (bicyclic) bond motifs is 1. The first-order valence-electron chi connectivity index (χ1n) is 8.18. The Morgan fingerprint density at radius 1 is 1.35 bits per heavy atom. The molecule has 1 saturated carbocycles. The summed E-state index contributed by atoms with van der Waals surface area (Å²) in [6.07, 6.45) is 4.93. The Balaban J connectivity index is 2.12. The second-order valence-corrected chi connectivity index (χ2v) is 7.97. The Hall–Kier alpha value is -0.730. The molecule has 3 heteroatoms. The van der Waals surface area contributed by atoms with Crippen molar-refractivity contribution < 1.29 is 9.53 Å². The Labute approximate surface area is 124 Å². The molecule has 2 fully saturated rings. The summed E-state index contributed by atoms with van der Waals surface area (Å²) in [6.45, 7) is 11.1. The molecule has 1 amide bonds. The van der Waals surface area contributed by atoms with E-state index in [0.717, 1.165) is 11.8 Å². The maximum Gasteiger partial charge on any atom is 0.410 e. The first kappa shape index (κ1) is 15.7. The molecule has 2 rings (SSSR count). The molecule has 0 N–H and O–H groups in total. The Morgan fingerprint density at radius 2 is 2.00 bits per heavy atom. The van der Waals surface area contributed by atoms with Crippen molar-refractivity contribution in [3.63, 3.8) is 0 Å². The number of hydrogen-bond acceptors (Lipinski definition) is 2. The van der Waals surface area contributed by atoms with Crippen molar-refractivity contribution in [3.05, 3.63) is 0 Å². The van der Waals surface area contributed by atoms with E-state index in [4.69, 9.17) is 4.74 Å². The molecule has 0 aromatic heterocycles. The van der Waals surface area contributed by atoms with Crippen LogP contribution in [0.15, 0.2) is 0 Å². The molecule has 4 unspecified atom stereocenters. The van der Waals surface area contributed by atoms with Gasteiger partial charge in [0.05, 0.1) is 0 Å². The number of cyclic esters (lactones) is 1. The highest BCUT2D eigenvalue weighted by Gasteiger charge is 2.51. The molecule has 0 spiro atoms. The van der Waals surface area contributed by atoms with E-state index in [1.54, 1.807) is 0 Å². The Kier molecular flexibility index (Phi) is 4.36. The van der Waals surface area contributed by atoms with Gasteiger partial charge >= 0.3 is 6.09 Å². The molecular weight excluding hydrogens is 250 g/mol. The normalized spacial score (nSPS) is 36.8. The van der Waals surface area contributed by atoms with E-state index in [0.29, 0.717) is 17.9 Å². The second-order valence-electron chi connectivity index (χ2n) is 7.97. The molecule has 4 atom stereocenters. The lowest BCUT2D eigenvalue weighted by Gasteiger charge is -2.54. The lowest BCUT2D eigenvalue weighted by atomic mass is 9.64. The van der Waals surface area contributed by atoms with Crippen LogP contribution in [0.4, 0.5) is 4.79 Å². The summed E-state index contributed by atoms with van der Waals surface area (Å²) in [7, 11) is 1.90. The zero-order valence-corrected chi connectivity index (χ0v) is 14.0. The minimum Gasteiger partial charge on any atom is -0.443 e. The van der Waals surface area contributed by atoms with Crippen molar-refractivity contribution in [1.82, 2.24) is 4.90 Å². The van der Waals surface area contributed by atoms with Gasteiger partial charge in [0.25, 0.3) is 0 Å². The number of hydrogen-bond donors (Lipinski definition) is 0. The molecule has 1 heterocycles. The van der Waals surface area contributed by atoms with Crippen LogP contribution in [0, 0.1) is 23.7 Å². The van der Waals surface area contributed by atoms with Gasteiger partial charge < -0.3 is 9.64 Å². The fourth-order valence-electron chi connectivity index (χ4n) is 4.30. The third kappa shape index (κ3) is 2.96. The van der Waals surface area contributed by atoms with Crippen LogP contribution in [0.25, 0.3) is 0 Å². The maximum atomic E-state index is 12.0. The van der Waals surface area contributed by atoms with E-state index in [-0.39, 0.29) is 11.7 Å². The van der Waals surface area contributed by atoms with E-state index in [2.05, 4.69) is 34.6 Å². The maximum absolute atomic E-state index is 12.0. The van der Waals surface area contributed by atoms with Crippen molar-refractivity contribution in [3.8, 4) is 0 Å². The monoisotopic (exact) mass is 281 g/mol. The zero-order chi connectivity index (χ0) is 15.1. The zero-order valence-electron chi connectivity index (χ0n) is 14.0. The van der Waals surface area contributed by atoms with Crippen LogP contribution >= 0.6 is 0 Å². The van der Waals surface area contributed by atoms with Crippen molar-refractivity contribution in [2.75, 3.05) is 7.05 Å². The summed E-state index contributed by atoms with van der Waals surface area (Å²) in [4.78, 5) is 13.9. The highest BCUT2D eigenvalue weighted by molar-refractivity contribution is 5.69. The molecule has 2 aliphatic rings. The molecule has 0 aromatic carbocycles. The number of carbonyl (C=O) groups is 1. The molecule has 1 aliphatic carbocycles. The van der Waals surface area contributed by atoms with Crippen LogP contribution in [-0.4, -0.2) is 29.7 Å². The van der Waals surface area contributed by atoms with Gasteiger partial charge in [-0.15, -0.1) is 0 Å². The summed E-state index contributed by atoms with van der Waals surface area (Å²) in [5.74, 6) is 2.61. The summed E-state index contributed by atoms with van der Waals surface area (Å²) in [6, 6.07) is 0.349. The molecule has 3 nitrogen and oxygen atoms in total. The molecule has 116 valence electrons. The van der Waals surface area contributed by atoms with Gasteiger partial charge in [-0.1, -0.05) is 33.6 Å². The lowest BCUT2D eigenvalue weighted by Crippen LogP contribution is -2.62. The molecule has 0 bridgehead atoms. The van der Waals surface area contributed by atoms with E-state index in [1.807, 2.05) is 11.9 Å². The average Bonchev–Trinajstić information content (AvgIpc) is 2.32. The summed E-state index contributed by atoms with van der Waals surface area (Å²) < 4.78 is 5.66. The van der Waals surface area contributed by atoms with Gasteiger partial charge in [0.15, 0.2) is 0 Å². The van der Waals surface area contributed by atoms with Gasteiger partial charge in [-0.05, 0) is 44.4 Å². The third-order valence-electron chi connectivity index (χ3n) is 5.42. The SMILES string of the molecule is CC(C)CCC1CC(C)C2C(C1)C(C)(C)OC(=O)N2C. The smallest absolute Gasteiger partial charge is 0.410 e. The lowest BCUT2D eigenvalue weighted by molar-refractivity contribution is -0.121. The summed E-state index contributed by atoms with van der Waals surface area (Å²) in [5.41, 5.74) is -0.320. The largest absolute Gasteiger partial charge is 0.443 e. The fraction of sp³-hybridized carbons (Fsp3) is 0.941. The molecule has 1 aliphatic heterocycles. The van der Waals surface area contributed by atoms with E-state index in [9.17, 15) is 4.79 Å². The van der Waals surface area contributed by atoms with E-state index in [1.165, 1.54) is 25.7 Å². The molecule has 20 heavy (non-hydrogen) atoms. The number of nitrogens with zero attached hydrogens (tertiary/aromatic N) is 1. The topological polar surface area (TPSA) is 29.5 Å². The van der Waals surface area contributed by atoms with Gasteiger partial charge in [-0.2, -0.15) is 0 Å². The van der Waals surface area contributed by atoms with Crippen LogP contribution in [0.2, 0.25) is 0 Å². The molecule has 1 saturated heterocycles. The fourth-order valence-corrected chi connectivity index (χ4v) is 4.30. The molecule has 0 radical (unpaired) electrons. The van der Waals surface area contributed by atoms with Crippen molar-refractivity contribution >= 4 is 6.09 Å². The van der Waals surface area contributed by atoms with Crippen LogP contribution in [0.1, 0.15) is 60.3 Å². The van der Waals surface area contributed by atoms with Crippen LogP contribution in [0.5, 0.6) is 0 Å². The average molecular weight is 281 g/mol. The quantitative estimate of drug-likeness (QED) is 0.771. The van der Waals surface area contributed by atoms with Crippen molar-refractivity contribution in [1.29, 1.82) is 0 Å². The minimum absolute atomic E-state index is 0.149. The predicted octanol–water partition coefficient (Wildman–Crippen LogP) is 4.31. The van der Waals surface area contributed by atoms with Gasteiger partial charge in [-0.25, -0.2) is 4.79 Å². The minimum atomic E-state index is -0.320. The molecular formula is C17H31NO2. The number of rotatable bonds is 3. The first-order valence-corrected chi connectivity index (χ1v) is 8.18. The van der Waals surface area contributed by atoms with E-state index < -0.39 is 0 Å². The second kappa shape index (κ2) is 5.57. The highest BCUT2D eigenvalue weighted by Crippen LogP contribution is 2.46. The standard InChI is InChI=1S/C17H31NO2/c1-11(2)7-8-13-9-12(3)15-14(10-13)17(4,5)20-16(19)18(15)6/h11-15H,7-10H2,1-6H3. The van der Waals surface area contributed by atoms with Gasteiger partial charge in [0.2, 0.25) is 0 Å². The van der Waals surface area contributed by atoms with E-state index >= 15 is 0 Å². The first-order chi connectivity index (χ1) is 9.22. The third-order valence-corrected chi connectivity index (χ3v) is 5.42. The predicted molar refractivity (Wildman–Crippen MR) is 81.6 cm³/mol. The Bertz CT molecular complexity index is 364. The number of ether oxygens (including phenoxy) is 1. The van der Waals surface area contributed by atoms with Crippen LogP contribution < -0.4 is 0 Å². The van der Waals surface area contributed by atoms with Crippen molar-refractivity contribution in [2.24, 2.45) is 23.7 Å². The van der Waals surface area contributed by atoms with Crippen LogP contribution in [0.3, 0.4) is 0 Å². The molecule has 0 aromatic rings. The van der Waals surface area contributed by atoms with Gasteiger partial charge in [0, 0.05) is 19.0 Å². The van der Waals surface area contributed by atoms with Crippen LogP contribution in [-0.2, 0) is 4.74 Å². The number of amides is 1. The van der Waals surface area contributed by atoms with Gasteiger partial charge in [-0.3, -0.25) is 0 Å². The summed E-state index contributed by atoms with van der Waals surface area (Å²) in [5, 5.41) is 0. The highest BCUT2D eigenvalue weighted by atomic mass is 16.6. The number of carbonyl (C=O) groups excluding carboxylic acids is 1. The van der Waals surface area contributed by atoms with Gasteiger partial charge in [0.1, 0.15) is 5.60 Å². The summed E-state index contributed by atoms with van der Waals surface area (Å²) >= 11 is 0. The van der Waals surface area contributed by atoms with Crippen molar-refractivity contribution in [2.45, 2.75) is 71.9 Å².